The molecule has 1 amide bonds. The van der Waals surface area contributed by atoms with E-state index in [1.165, 1.54) is 4.90 Å². The summed E-state index contributed by atoms with van der Waals surface area (Å²) in [7, 11) is 3.54. The van der Waals surface area contributed by atoms with Crippen molar-refractivity contribution in [3.05, 3.63) is 43.1 Å². The molecule has 3 aliphatic rings. The summed E-state index contributed by atoms with van der Waals surface area (Å²) in [4.78, 5) is 16.1. The molecule has 3 fully saturated rings. The van der Waals surface area contributed by atoms with Crippen molar-refractivity contribution < 1.29 is 14.4 Å². The van der Waals surface area contributed by atoms with Gasteiger partial charge >= 0.3 is 0 Å². The number of piperidine rings is 3. The molecule has 2 bridgehead atoms. The van der Waals surface area contributed by atoms with Gasteiger partial charge in [-0.15, -0.1) is 11.7 Å². The first-order chi connectivity index (χ1) is 14.1. The molecule has 1 unspecified atom stereocenters. The van der Waals surface area contributed by atoms with Crippen LogP contribution in [0.4, 0.5) is 0 Å². The molecule has 4 atom stereocenters. The molecule has 3 saturated heterocycles. The molecular weight excluding hydrogens is 366 g/mol. The van der Waals surface area contributed by atoms with Crippen molar-refractivity contribution in [3.8, 4) is 17.0 Å². The Hall–Kier alpha value is -2.67. The average Bonchev–Trinajstić information content (AvgIpc) is 3.22. The fourth-order valence-corrected chi connectivity index (χ4v) is 4.87. The van der Waals surface area contributed by atoms with Crippen LogP contribution in [-0.4, -0.2) is 65.6 Å². The Labute approximate surface area is 171 Å². The predicted octanol–water partition coefficient (Wildman–Crippen LogP) is 0.891. The van der Waals surface area contributed by atoms with Crippen LogP contribution >= 0.6 is 0 Å². The second-order valence-corrected chi connectivity index (χ2v) is 8.26. The van der Waals surface area contributed by atoms with Crippen LogP contribution in [-0.2, 0) is 11.3 Å². The highest BCUT2D eigenvalue weighted by molar-refractivity contribution is 5.79. The van der Waals surface area contributed by atoms with E-state index in [2.05, 4.69) is 16.9 Å². The Bertz CT molecular complexity index is 862. The van der Waals surface area contributed by atoms with E-state index in [-0.39, 0.29) is 11.8 Å². The number of methoxy groups -OCH3 is 1. The van der Waals surface area contributed by atoms with Crippen LogP contribution in [0.2, 0.25) is 0 Å². The van der Waals surface area contributed by atoms with E-state index in [9.17, 15) is 4.79 Å². The van der Waals surface area contributed by atoms with Crippen molar-refractivity contribution in [3.63, 3.8) is 0 Å². The standard InChI is InChI=1S/C22H29N5O2/c1-4-10-25(2)22(28)20-14-26-11-9-17(20)12-18(26)13-27-15-21(23-24-27)16-5-7-19(29-3)8-6-16/h4-8,15,17-18,20H,1,9-14H2,2-3H3/p+1/t17-,18-,20+/m1/s1. The summed E-state index contributed by atoms with van der Waals surface area (Å²) in [6, 6.07) is 8.37. The second kappa shape index (κ2) is 8.37. The summed E-state index contributed by atoms with van der Waals surface area (Å²) in [6.45, 7) is 7.28. The van der Waals surface area contributed by atoms with Gasteiger partial charge in [0.1, 0.15) is 17.5 Å². The quantitative estimate of drug-likeness (QED) is 0.706. The minimum absolute atomic E-state index is 0.144. The number of fused-ring (bicyclic) bond motifs is 3. The molecule has 154 valence electrons. The van der Waals surface area contributed by atoms with Crippen LogP contribution < -0.4 is 9.64 Å². The van der Waals surface area contributed by atoms with E-state index in [1.807, 2.05) is 47.1 Å². The Morgan fingerprint density at radius 2 is 2.21 bits per heavy atom. The second-order valence-electron chi connectivity index (χ2n) is 8.26. The van der Waals surface area contributed by atoms with Gasteiger partial charge in [-0.25, -0.2) is 4.68 Å². The summed E-state index contributed by atoms with van der Waals surface area (Å²) in [5.74, 6) is 1.72. The summed E-state index contributed by atoms with van der Waals surface area (Å²) in [5, 5.41) is 8.70. The van der Waals surface area contributed by atoms with Crippen LogP contribution in [0, 0.1) is 11.8 Å². The van der Waals surface area contributed by atoms with Gasteiger partial charge < -0.3 is 14.5 Å². The number of rotatable bonds is 7. The molecule has 1 N–H and O–H groups in total. The number of carbonyl (C=O) groups excluding carboxylic acids is 1. The predicted molar refractivity (Wildman–Crippen MR) is 111 cm³/mol. The van der Waals surface area contributed by atoms with E-state index in [0.29, 0.717) is 18.5 Å². The third kappa shape index (κ3) is 4.05. The van der Waals surface area contributed by atoms with Gasteiger partial charge in [-0.2, -0.15) is 0 Å². The lowest BCUT2D eigenvalue weighted by molar-refractivity contribution is -0.945. The lowest BCUT2D eigenvalue weighted by Crippen LogP contribution is -3.20. The maximum absolute atomic E-state index is 12.8. The van der Waals surface area contributed by atoms with Gasteiger partial charge in [-0.3, -0.25) is 4.79 Å². The van der Waals surface area contributed by atoms with E-state index in [1.54, 1.807) is 13.2 Å². The topological polar surface area (TPSA) is 64.7 Å². The summed E-state index contributed by atoms with van der Waals surface area (Å²) < 4.78 is 7.17. The molecule has 1 aromatic heterocycles. The highest BCUT2D eigenvalue weighted by Gasteiger charge is 2.47. The fourth-order valence-electron chi connectivity index (χ4n) is 4.87. The minimum Gasteiger partial charge on any atom is -0.497 e. The zero-order valence-electron chi connectivity index (χ0n) is 17.3. The molecular formula is C22H30N5O2+. The largest absolute Gasteiger partial charge is 0.497 e. The van der Waals surface area contributed by atoms with Crippen LogP contribution in [0.3, 0.4) is 0 Å². The van der Waals surface area contributed by atoms with E-state index < -0.39 is 0 Å². The van der Waals surface area contributed by atoms with Crippen molar-refractivity contribution in [1.82, 2.24) is 19.9 Å². The van der Waals surface area contributed by atoms with Crippen LogP contribution in [0.1, 0.15) is 12.8 Å². The Morgan fingerprint density at radius 1 is 1.41 bits per heavy atom. The molecule has 7 heteroatoms. The number of amides is 1. The van der Waals surface area contributed by atoms with Crippen molar-refractivity contribution in [2.24, 2.45) is 11.8 Å². The van der Waals surface area contributed by atoms with Gasteiger partial charge in [-0.05, 0) is 30.2 Å². The molecule has 0 radical (unpaired) electrons. The van der Waals surface area contributed by atoms with E-state index in [0.717, 1.165) is 49.5 Å². The van der Waals surface area contributed by atoms with Gasteiger partial charge in [0.2, 0.25) is 5.91 Å². The molecule has 0 aliphatic carbocycles. The van der Waals surface area contributed by atoms with Gasteiger partial charge in [0.25, 0.3) is 0 Å². The smallest absolute Gasteiger partial charge is 0.231 e. The molecule has 29 heavy (non-hydrogen) atoms. The first-order valence-electron chi connectivity index (χ1n) is 10.3. The number of nitrogens with one attached hydrogen (secondary N) is 1. The first kappa shape index (κ1) is 19.6. The molecule has 2 aromatic rings. The number of hydrogen-bond donors (Lipinski definition) is 1. The molecule has 5 rings (SSSR count). The molecule has 3 aliphatic heterocycles. The first-order valence-corrected chi connectivity index (χ1v) is 10.3. The number of ether oxygens (including phenoxy) is 1. The lowest BCUT2D eigenvalue weighted by Gasteiger charge is -2.46. The Kier molecular flexibility index (Phi) is 5.67. The fraction of sp³-hybridized carbons (Fsp3) is 0.500. The Balaban J connectivity index is 1.40. The number of benzene rings is 1. The van der Waals surface area contributed by atoms with Crippen molar-refractivity contribution >= 4 is 5.91 Å². The molecule has 0 saturated carbocycles. The number of aromatic nitrogens is 3. The number of hydrogen-bond acceptors (Lipinski definition) is 4. The molecule has 7 nitrogen and oxygen atoms in total. The summed E-state index contributed by atoms with van der Waals surface area (Å²) >= 11 is 0. The third-order valence-corrected chi connectivity index (χ3v) is 6.48. The number of quaternary nitrogens is 1. The van der Waals surface area contributed by atoms with Crippen molar-refractivity contribution in [2.45, 2.75) is 25.4 Å². The summed E-state index contributed by atoms with van der Waals surface area (Å²) in [6.07, 6.45) is 6.02. The lowest BCUT2D eigenvalue weighted by atomic mass is 9.75. The summed E-state index contributed by atoms with van der Waals surface area (Å²) in [5.41, 5.74) is 1.91. The molecule has 4 heterocycles. The molecule has 1 aromatic carbocycles. The van der Waals surface area contributed by atoms with Gasteiger partial charge in [0.05, 0.1) is 38.9 Å². The van der Waals surface area contributed by atoms with Crippen LogP contribution in [0.25, 0.3) is 11.3 Å². The van der Waals surface area contributed by atoms with Crippen LogP contribution in [0.5, 0.6) is 5.75 Å². The SMILES string of the molecule is C=CCN(C)C(=O)[C@H]1C[NH+]2CC[C@@H]1C[C@@H]2Cn1cc(-c2ccc(OC)cc2)nn1. The maximum Gasteiger partial charge on any atom is 0.231 e. The zero-order chi connectivity index (χ0) is 20.4. The van der Waals surface area contributed by atoms with Crippen molar-refractivity contribution in [1.29, 1.82) is 0 Å². The monoisotopic (exact) mass is 396 g/mol. The highest BCUT2D eigenvalue weighted by Crippen LogP contribution is 2.29. The average molecular weight is 397 g/mol. The van der Waals surface area contributed by atoms with E-state index >= 15 is 0 Å². The highest BCUT2D eigenvalue weighted by atomic mass is 16.5. The number of carbonyl (C=O) groups is 1. The van der Waals surface area contributed by atoms with Gasteiger partial charge in [0.15, 0.2) is 0 Å². The number of likely N-dealkylation sites (N-methyl/N-ethyl adjacent to an activating group) is 1. The van der Waals surface area contributed by atoms with Gasteiger partial charge in [0, 0.05) is 32.0 Å². The third-order valence-electron chi connectivity index (χ3n) is 6.48. The molecule has 0 spiro atoms. The normalized spacial score (nSPS) is 25.6. The zero-order valence-corrected chi connectivity index (χ0v) is 17.3. The minimum atomic E-state index is 0.144. The maximum atomic E-state index is 12.8. The van der Waals surface area contributed by atoms with Crippen molar-refractivity contribution in [2.75, 3.05) is 33.8 Å². The Morgan fingerprint density at radius 3 is 2.86 bits per heavy atom. The number of nitrogens with zero attached hydrogens (tertiary/aromatic N) is 4. The van der Waals surface area contributed by atoms with E-state index in [4.69, 9.17) is 4.74 Å². The van der Waals surface area contributed by atoms with Crippen LogP contribution in [0.15, 0.2) is 43.1 Å². The van der Waals surface area contributed by atoms with Gasteiger partial charge in [-0.1, -0.05) is 11.3 Å².